The Hall–Kier alpha value is -3.36. The first-order valence-corrected chi connectivity index (χ1v) is 11.2. The summed E-state index contributed by atoms with van der Waals surface area (Å²) in [5.41, 5.74) is 6.49. The van der Waals surface area contributed by atoms with Crippen molar-refractivity contribution in [1.82, 2.24) is 20.3 Å². The highest BCUT2D eigenvalue weighted by molar-refractivity contribution is 7.22. The number of carbonyl (C=O) groups is 1. The zero-order valence-electron chi connectivity index (χ0n) is 18.8. The number of nitrogens with zero attached hydrogens (tertiary/aromatic N) is 3. The summed E-state index contributed by atoms with van der Waals surface area (Å²) in [6, 6.07) is 11.6. The van der Waals surface area contributed by atoms with Gasteiger partial charge in [-0.1, -0.05) is 29.0 Å². The molecule has 0 unspecified atom stereocenters. The van der Waals surface area contributed by atoms with Crippen molar-refractivity contribution >= 4 is 44.1 Å². The Balaban J connectivity index is 1.56. The number of rotatable bonds is 6. The second-order valence-corrected chi connectivity index (χ2v) is 8.91. The molecule has 0 atom stereocenters. The average molecular weight is 447 g/mol. The molecule has 164 valence electrons. The van der Waals surface area contributed by atoms with Gasteiger partial charge in [0, 0.05) is 23.9 Å². The van der Waals surface area contributed by atoms with Crippen molar-refractivity contribution in [3.8, 4) is 0 Å². The fourth-order valence-corrected chi connectivity index (χ4v) is 4.67. The summed E-state index contributed by atoms with van der Waals surface area (Å²) in [5.74, 6) is 1.26. The number of amides is 1. The van der Waals surface area contributed by atoms with Crippen LogP contribution in [0.5, 0.6) is 0 Å². The topological polar surface area (TPSA) is 91.8 Å². The highest BCUT2D eigenvalue weighted by atomic mass is 32.1. The van der Waals surface area contributed by atoms with Crippen molar-refractivity contribution in [2.75, 3.05) is 17.7 Å². The monoisotopic (exact) mass is 446 g/mol. The van der Waals surface area contributed by atoms with Crippen LogP contribution in [0, 0.1) is 27.7 Å². The summed E-state index contributed by atoms with van der Waals surface area (Å²) in [7, 11) is 1.88. The number of hydrogen-bond acceptors (Lipinski definition) is 7. The average Bonchev–Trinajstić information content (AvgIpc) is 3.11. The predicted molar refractivity (Wildman–Crippen MR) is 131 cm³/mol. The fraction of sp³-hybridized carbons (Fsp3) is 0.250. The molecule has 2 aromatic heterocycles. The van der Waals surface area contributed by atoms with Gasteiger partial charge in [-0.3, -0.25) is 4.79 Å². The van der Waals surface area contributed by atoms with E-state index >= 15 is 0 Å². The van der Waals surface area contributed by atoms with Crippen LogP contribution in [0.4, 0.5) is 16.6 Å². The van der Waals surface area contributed by atoms with Gasteiger partial charge in [0.15, 0.2) is 5.13 Å². The Morgan fingerprint density at radius 1 is 0.969 bits per heavy atom. The van der Waals surface area contributed by atoms with Crippen LogP contribution in [0.3, 0.4) is 0 Å². The third-order valence-corrected chi connectivity index (χ3v) is 5.98. The van der Waals surface area contributed by atoms with Crippen molar-refractivity contribution in [1.29, 1.82) is 0 Å². The smallest absolute Gasteiger partial charge is 0.255 e. The van der Waals surface area contributed by atoms with E-state index in [0.29, 0.717) is 23.8 Å². The number of carbonyl (C=O) groups excluding carboxylic acids is 1. The van der Waals surface area contributed by atoms with E-state index in [9.17, 15) is 4.79 Å². The van der Waals surface area contributed by atoms with Gasteiger partial charge < -0.3 is 16.0 Å². The van der Waals surface area contributed by atoms with Gasteiger partial charge in [0.1, 0.15) is 11.6 Å². The second kappa shape index (κ2) is 9.02. The van der Waals surface area contributed by atoms with Crippen LogP contribution in [-0.2, 0) is 6.54 Å². The number of nitrogens with one attached hydrogen (secondary N) is 3. The van der Waals surface area contributed by atoms with Crippen LogP contribution in [0.1, 0.15) is 38.6 Å². The van der Waals surface area contributed by atoms with Crippen molar-refractivity contribution in [2.24, 2.45) is 0 Å². The van der Waals surface area contributed by atoms with Gasteiger partial charge in [0.25, 0.3) is 5.91 Å². The summed E-state index contributed by atoms with van der Waals surface area (Å²) < 4.78 is 0.929. The van der Waals surface area contributed by atoms with Crippen LogP contribution in [0.25, 0.3) is 10.2 Å². The highest BCUT2D eigenvalue weighted by Crippen LogP contribution is 2.29. The Morgan fingerprint density at radius 2 is 1.72 bits per heavy atom. The number of hydrogen-bond donors (Lipinski definition) is 3. The van der Waals surface area contributed by atoms with Gasteiger partial charge in [0.2, 0.25) is 0 Å². The molecule has 0 radical (unpaired) electrons. The SMILES string of the molecule is CNCc1cc(Nc2nc3ccc(C(=O)Nc4c(C)cc(C)cc4C)cc3s2)nc(C)n1. The number of aromatic nitrogens is 3. The van der Waals surface area contributed by atoms with E-state index in [-0.39, 0.29) is 5.91 Å². The summed E-state index contributed by atoms with van der Waals surface area (Å²) in [5, 5.41) is 10.2. The maximum atomic E-state index is 12.9. The lowest BCUT2D eigenvalue weighted by molar-refractivity contribution is 0.102. The molecule has 3 N–H and O–H groups in total. The summed E-state index contributed by atoms with van der Waals surface area (Å²) in [4.78, 5) is 26.4. The van der Waals surface area contributed by atoms with Crippen LogP contribution in [0.2, 0.25) is 0 Å². The molecular formula is C24H26N6OS. The number of benzene rings is 2. The molecule has 2 aromatic carbocycles. The normalized spacial score (nSPS) is 11.0. The van der Waals surface area contributed by atoms with Crippen LogP contribution < -0.4 is 16.0 Å². The predicted octanol–water partition coefficient (Wildman–Crippen LogP) is 5.04. The van der Waals surface area contributed by atoms with Crippen LogP contribution in [-0.4, -0.2) is 27.9 Å². The highest BCUT2D eigenvalue weighted by Gasteiger charge is 2.13. The van der Waals surface area contributed by atoms with E-state index < -0.39 is 0 Å². The molecular weight excluding hydrogens is 420 g/mol. The molecule has 0 aliphatic heterocycles. The van der Waals surface area contributed by atoms with E-state index in [0.717, 1.165) is 37.9 Å². The Kier molecular flexibility index (Phi) is 6.16. The molecule has 0 aliphatic carbocycles. The first kappa shape index (κ1) is 21.9. The first-order valence-electron chi connectivity index (χ1n) is 10.4. The largest absolute Gasteiger partial charge is 0.322 e. The van der Waals surface area contributed by atoms with E-state index in [4.69, 9.17) is 0 Å². The molecule has 0 saturated carbocycles. The first-order chi connectivity index (χ1) is 15.3. The van der Waals surface area contributed by atoms with Crippen molar-refractivity contribution in [3.05, 3.63) is 70.2 Å². The van der Waals surface area contributed by atoms with Gasteiger partial charge in [-0.05, 0) is 64.1 Å². The standard InChI is InChI=1S/C24H26N6OS/c1-13-8-14(2)22(15(3)9-13)30-23(31)17-6-7-19-20(10-17)32-24(28-19)29-21-11-18(12-25-5)26-16(4)27-21/h6-11,25H,12H2,1-5H3,(H,30,31)(H,26,27,28,29). The summed E-state index contributed by atoms with van der Waals surface area (Å²) >= 11 is 1.49. The van der Waals surface area contributed by atoms with Gasteiger partial charge in [-0.25, -0.2) is 15.0 Å². The zero-order chi connectivity index (χ0) is 22.8. The second-order valence-electron chi connectivity index (χ2n) is 7.88. The molecule has 4 rings (SSSR count). The number of aryl methyl sites for hydroxylation is 4. The van der Waals surface area contributed by atoms with Gasteiger partial charge in [-0.2, -0.15) is 0 Å². The molecule has 1 amide bonds. The van der Waals surface area contributed by atoms with Crippen LogP contribution in [0.15, 0.2) is 36.4 Å². The van der Waals surface area contributed by atoms with Crippen LogP contribution >= 0.6 is 11.3 Å². The number of thiazole rings is 1. The minimum atomic E-state index is -0.131. The molecule has 0 bridgehead atoms. The third kappa shape index (κ3) is 4.76. The fourth-order valence-electron chi connectivity index (χ4n) is 3.76. The molecule has 7 nitrogen and oxygen atoms in total. The van der Waals surface area contributed by atoms with Gasteiger partial charge >= 0.3 is 0 Å². The molecule has 0 saturated heterocycles. The quantitative estimate of drug-likeness (QED) is 0.385. The van der Waals surface area contributed by atoms with E-state index in [1.807, 2.05) is 46.0 Å². The molecule has 8 heteroatoms. The van der Waals surface area contributed by atoms with Gasteiger partial charge in [-0.15, -0.1) is 0 Å². The van der Waals surface area contributed by atoms with Gasteiger partial charge in [0.05, 0.1) is 15.9 Å². The van der Waals surface area contributed by atoms with E-state index in [1.54, 1.807) is 6.07 Å². The Labute approximate surface area is 191 Å². The lowest BCUT2D eigenvalue weighted by Gasteiger charge is -2.12. The lowest BCUT2D eigenvalue weighted by atomic mass is 10.0. The van der Waals surface area contributed by atoms with Crippen molar-refractivity contribution in [2.45, 2.75) is 34.2 Å². The molecule has 0 spiro atoms. The van der Waals surface area contributed by atoms with E-state index in [1.165, 1.54) is 16.9 Å². The minimum Gasteiger partial charge on any atom is -0.322 e. The Bertz CT molecular complexity index is 1290. The molecule has 2 heterocycles. The van der Waals surface area contributed by atoms with Crippen molar-refractivity contribution < 1.29 is 4.79 Å². The third-order valence-electron chi connectivity index (χ3n) is 5.05. The van der Waals surface area contributed by atoms with Crippen molar-refractivity contribution in [3.63, 3.8) is 0 Å². The zero-order valence-corrected chi connectivity index (χ0v) is 19.6. The Morgan fingerprint density at radius 3 is 2.44 bits per heavy atom. The molecule has 4 aromatic rings. The maximum Gasteiger partial charge on any atom is 0.255 e. The maximum absolute atomic E-state index is 12.9. The van der Waals surface area contributed by atoms with E-state index in [2.05, 4.69) is 50.0 Å². The molecule has 0 fully saturated rings. The summed E-state index contributed by atoms with van der Waals surface area (Å²) in [6.07, 6.45) is 0. The molecule has 32 heavy (non-hydrogen) atoms. The summed E-state index contributed by atoms with van der Waals surface area (Å²) in [6.45, 7) is 8.61. The number of fused-ring (bicyclic) bond motifs is 1. The minimum absolute atomic E-state index is 0.131. The molecule has 0 aliphatic rings. The number of anilines is 3. The lowest BCUT2D eigenvalue weighted by Crippen LogP contribution is -2.13.